The molecule has 1 aliphatic heterocycles. The Morgan fingerprint density at radius 2 is 2.00 bits per heavy atom. The number of benzene rings is 1. The zero-order chi connectivity index (χ0) is 17.9. The number of amides is 1. The minimum absolute atomic E-state index is 0.0873. The lowest BCUT2D eigenvalue weighted by Crippen LogP contribution is -2.42. The number of nitro groups is 1. The van der Waals surface area contributed by atoms with Gasteiger partial charge in [-0.3, -0.25) is 14.9 Å². The molecule has 0 unspecified atom stereocenters. The fourth-order valence-electron chi connectivity index (χ4n) is 2.80. The Kier molecular flexibility index (Phi) is 5.43. The molecule has 0 spiro atoms. The first-order chi connectivity index (χ1) is 11.3. The van der Waals surface area contributed by atoms with Crippen molar-refractivity contribution in [2.24, 2.45) is 0 Å². The van der Waals surface area contributed by atoms with Crippen molar-refractivity contribution < 1.29 is 22.9 Å². The first kappa shape index (κ1) is 18.2. The number of carbonyl (C=O) groups is 1. The first-order valence-corrected chi connectivity index (χ1v) is 9.35. The van der Waals surface area contributed by atoms with E-state index in [0.29, 0.717) is 25.9 Å². The summed E-state index contributed by atoms with van der Waals surface area (Å²) in [7, 11) is -1.78. The van der Waals surface area contributed by atoms with Crippen LogP contribution in [-0.4, -0.2) is 55.4 Å². The molecular formula is C15H20N2O6S. The van der Waals surface area contributed by atoms with Gasteiger partial charge in [-0.15, -0.1) is 0 Å². The van der Waals surface area contributed by atoms with Crippen LogP contribution in [0.4, 0.5) is 5.69 Å². The van der Waals surface area contributed by atoms with Gasteiger partial charge in [0.05, 0.1) is 17.3 Å². The topological polar surface area (TPSA) is 107 Å². The maximum atomic E-state index is 12.5. The molecule has 0 aliphatic carbocycles. The van der Waals surface area contributed by atoms with Gasteiger partial charge >= 0.3 is 5.69 Å². The van der Waals surface area contributed by atoms with E-state index in [-0.39, 0.29) is 28.7 Å². The standard InChI is InChI=1S/C15H20N2O6S/c1-3-24(21,22)12-6-8-16(9-7-12)15(18)11-4-5-14(23-2)13(10-11)17(19)20/h4-5,10,12H,3,6-9H2,1-2H3. The lowest BCUT2D eigenvalue weighted by Gasteiger charge is -2.31. The van der Waals surface area contributed by atoms with Crippen LogP contribution in [0.15, 0.2) is 18.2 Å². The summed E-state index contributed by atoms with van der Waals surface area (Å²) in [5, 5.41) is 10.6. The molecule has 8 nitrogen and oxygen atoms in total. The van der Waals surface area contributed by atoms with E-state index < -0.39 is 20.0 Å². The van der Waals surface area contributed by atoms with E-state index in [0.717, 1.165) is 0 Å². The third-order valence-electron chi connectivity index (χ3n) is 4.26. The van der Waals surface area contributed by atoms with E-state index in [1.807, 2.05) is 0 Å². The lowest BCUT2D eigenvalue weighted by molar-refractivity contribution is -0.385. The Morgan fingerprint density at radius 3 is 2.50 bits per heavy atom. The fraction of sp³-hybridized carbons (Fsp3) is 0.533. The van der Waals surface area contributed by atoms with Crippen LogP contribution in [0.5, 0.6) is 5.75 Å². The molecular weight excluding hydrogens is 336 g/mol. The lowest BCUT2D eigenvalue weighted by atomic mass is 10.1. The Balaban J connectivity index is 2.14. The molecule has 0 aromatic heterocycles. The summed E-state index contributed by atoms with van der Waals surface area (Å²) >= 11 is 0. The second-order valence-corrected chi connectivity index (χ2v) is 8.16. The summed E-state index contributed by atoms with van der Waals surface area (Å²) in [4.78, 5) is 24.5. The summed E-state index contributed by atoms with van der Waals surface area (Å²) in [5.41, 5.74) is -0.0777. The van der Waals surface area contributed by atoms with Crippen molar-refractivity contribution in [2.45, 2.75) is 25.0 Å². The molecule has 0 bridgehead atoms. The van der Waals surface area contributed by atoms with Gasteiger partial charge in [-0.1, -0.05) is 6.92 Å². The number of piperidine rings is 1. The number of nitro benzene ring substituents is 1. The number of methoxy groups -OCH3 is 1. The van der Waals surface area contributed by atoms with Crippen molar-refractivity contribution >= 4 is 21.4 Å². The van der Waals surface area contributed by atoms with E-state index in [1.165, 1.54) is 30.2 Å². The van der Waals surface area contributed by atoms with E-state index in [9.17, 15) is 23.3 Å². The van der Waals surface area contributed by atoms with Crippen molar-refractivity contribution in [2.75, 3.05) is 26.0 Å². The van der Waals surface area contributed by atoms with Gasteiger partial charge in [0, 0.05) is 30.5 Å². The average Bonchev–Trinajstić information content (AvgIpc) is 2.60. The predicted molar refractivity (Wildman–Crippen MR) is 88.0 cm³/mol. The highest BCUT2D eigenvalue weighted by Crippen LogP contribution is 2.28. The van der Waals surface area contributed by atoms with E-state index in [4.69, 9.17) is 4.74 Å². The van der Waals surface area contributed by atoms with Crippen LogP contribution in [0.25, 0.3) is 0 Å². The Labute approximate surface area is 140 Å². The zero-order valence-electron chi connectivity index (χ0n) is 13.6. The zero-order valence-corrected chi connectivity index (χ0v) is 14.4. The summed E-state index contributed by atoms with van der Waals surface area (Å²) in [6.07, 6.45) is 0.778. The van der Waals surface area contributed by atoms with Crippen LogP contribution in [0, 0.1) is 10.1 Å². The molecule has 0 atom stereocenters. The third kappa shape index (κ3) is 3.66. The third-order valence-corrected chi connectivity index (χ3v) is 6.55. The molecule has 1 aromatic carbocycles. The minimum atomic E-state index is -3.11. The fourth-order valence-corrected chi connectivity index (χ4v) is 4.20. The number of carbonyl (C=O) groups excluding carboxylic acids is 1. The highest BCUT2D eigenvalue weighted by atomic mass is 32.2. The molecule has 1 amide bonds. The van der Waals surface area contributed by atoms with Gasteiger partial charge in [-0.2, -0.15) is 0 Å². The number of likely N-dealkylation sites (tertiary alicyclic amines) is 1. The van der Waals surface area contributed by atoms with Gasteiger partial charge in [0.2, 0.25) is 0 Å². The highest BCUT2D eigenvalue weighted by Gasteiger charge is 2.31. The predicted octanol–water partition coefficient (Wildman–Crippen LogP) is 1.64. The molecule has 1 aliphatic rings. The number of ether oxygens (including phenoxy) is 1. The summed E-state index contributed by atoms with van der Waals surface area (Å²) in [6, 6.07) is 4.05. The van der Waals surface area contributed by atoms with Gasteiger partial charge < -0.3 is 9.64 Å². The molecule has 0 N–H and O–H groups in total. The molecule has 1 aromatic rings. The van der Waals surface area contributed by atoms with Gasteiger partial charge in [0.25, 0.3) is 5.91 Å². The second kappa shape index (κ2) is 7.16. The molecule has 9 heteroatoms. The molecule has 132 valence electrons. The van der Waals surface area contributed by atoms with Crippen molar-refractivity contribution in [1.29, 1.82) is 0 Å². The van der Waals surface area contributed by atoms with E-state index >= 15 is 0 Å². The monoisotopic (exact) mass is 356 g/mol. The van der Waals surface area contributed by atoms with E-state index in [2.05, 4.69) is 0 Å². The smallest absolute Gasteiger partial charge is 0.311 e. The average molecular weight is 356 g/mol. The normalized spacial score (nSPS) is 16.0. The van der Waals surface area contributed by atoms with Crippen LogP contribution >= 0.6 is 0 Å². The number of nitrogens with zero attached hydrogens (tertiary/aromatic N) is 2. The van der Waals surface area contributed by atoms with Crippen molar-refractivity contribution in [1.82, 2.24) is 4.90 Å². The van der Waals surface area contributed by atoms with Crippen LogP contribution in [0.2, 0.25) is 0 Å². The maximum Gasteiger partial charge on any atom is 0.311 e. The van der Waals surface area contributed by atoms with Crippen molar-refractivity contribution in [3.8, 4) is 5.75 Å². The van der Waals surface area contributed by atoms with Gasteiger partial charge in [0.1, 0.15) is 0 Å². The first-order valence-electron chi connectivity index (χ1n) is 7.63. The van der Waals surface area contributed by atoms with Gasteiger partial charge in [-0.25, -0.2) is 8.42 Å². The summed E-state index contributed by atoms with van der Waals surface area (Å²) in [6.45, 7) is 2.26. The van der Waals surface area contributed by atoms with E-state index in [1.54, 1.807) is 6.92 Å². The van der Waals surface area contributed by atoms with Crippen LogP contribution in [-0.2, 0) is 9.84 Å². The van der Waals surface area contributed by atoms with Crippen molar-refractivity contribution in [3.63, 3.8) is 0 Å². The molecule has 24 heavy (non-hydrogen) atoms. The van der Waals surface area contributed by atoms with Crippen molar-refractivity contribution in [3.05, 3.63) is 33.9 Å². The number of hydrogen-bond donors (Lipinski definition) is 0. The SMILES string of the molecule is CCS(=O)(=O)C1CCN(C(=O)c2ccc(OC)c([N+](=O)[O-])c2)CC1. The summed E-state index contributed by atoms with van der Waals surface area (Å²) in [5.74, 6) is -0.159. The highest BCUT2D eigenvalue weighted by molar-refractivity contribution is 7.92. The maximum absolute atomic E-state index is 12.5. The van der Waals surface area contributed by atoms with Crippen LogP contribution in [0.3, 0.4) is 0 Å². The molecule has 1 fully saturated rings. The molecule has 2 rings (SSSR count). The number of hydrogen-bond acceptors (Lipinski definition) is 6. The van der Waals surface area contributed by atoms with Gasteiger partial charge in [0.15, 0.2) is 15.6 Å². The number of sulfone groups is 1. The van der Waals surface area contributed by atoms with Crippen LogP contribution < -0.4 is 4.74 Å². The summed E-state index contributed by atoms with van der Waals surface area (Å²) < 4.78 is 28.7. The van der Waals surface area contributed by atoms with Crippen LogP contribution in [0.1, 0.15) is 30.1 Å². The molecule has 1 saturated heterocycles. The van der Waals surface area contributed by atoms with Gasteiger partial charge in [-0.05, 0) is 25.0 Å². The largest absolute Gasteiger partial charge is 0.490 e. The molecule has 0 radical (unpaired) electrons. The number of rotatable bonds is 5. The Bertz CT molecular complexity index is 738. The molecule has 0 saturated carbocycles. The quantitative estimate of drug-likeness (QED) is 0.586. The second-order valence-electron chi connectivity index (χ2n) is 5.59. The molecule has 1 heterocycles. The Morgan fingerprint density at radius 1 is 1.38 bits per heavy atom. The Hall–Kier alpha value is -2.16. The minimum Gasteiger partial charge on any atom is -0.490 e.